The minimum absolute atomic E-state index is 0.918. The van der Waals surface area contributed by atoms with Gasteiger partial charge in [0.2, 0.25) is 0 Å². The molecule has 3 rings (SSSR count). The first-order valence-corrected chi connectivity index (χ1v) is 9.11. The number of benzene rings is 3. The van der Waals surface area contributed by atoms with Crippen molar-refractivity contribution in [3.05, 3.63) is 90.5 Å². The maximum atomic E-state index is 4.52. The molecule has 0 aliphatic carbocycles. The Morgan fingerprint density at radius 2 is 1.12 bits per heavy atom. The second-order valence-electron chi connectivity index (χ2n) is 5.98. The van der Waals surface area contributed by atoms with Gasteiger partial charge in [-0.05, 0) is 55.8 Å². The summed E-state index contributed by atoms with van der Waals surface area (Å²) in [5, 5.41) is 6.55. The van der Waals surface area contributed by atoms with Crippen LogP contribution in [0, 0.1) is 0 Å². The molecule has 0 heterocycles. The second kappa shape index (κ2) is 8.86. The Bertz CT molecular complexity index is 768. The zero-order valence-electron chi connectivity index (χ0n) is 15.4. The predicted octanol–water partition coefficient (Wildman–Crippen LogP) is 5.83. The fourth-order valence-corrected chi connectivity index (χ4v) is 2.85. The number of hydrogen-bond acceptors (Lipinski definition) is 3. The third-order valence-electron chi connectivity index (χ3n) is 4.28. The minimum atomic E-state index is 0.918. The van der Waals surface area contributed by atoms with E-state index < -0.39 is 0 Å². The van der Waals surface area contributed by atoms with E-state index in [1.54, 1.807) is 0 Å². The number of nitrogens with zero attached hydrogens (tertiary/aromatic N) is 3. The van der Waals surface area contributed by atoms with Crippen molar-refractivity contribution in [3.8, 4) is 0 Å². The molecule has 0 aliphatic rings. The van der Waals surface area contributed by atoms with Gasteiger partial charge in [-0.15, -0.1) is 0 Å². The number of anilines is 3. The highest BCUT2D eigenvalue weighted by atomic mass is 15.4. The fraction of sp³-hybridized carbons (Fsp3) is 0.174. The summed E-state index contributed by atoms with van der Waals surface area (Å²) < 4.78 is 0. The molecule has 0 fully saturated rings. The zero-order valence-corrected chi connectivity index (χ0v) is 15.4. The van der Waals surface area contributed by atoms with E-state index in [9.17, 15) is 0 Å². The van der Waals surface area contributed by atoms with Crippen molar-refractivity contribution in [3.63, 3.8) is 0 Å². The molecule has 0 N–H and O–H groups in total. The van der Waals surface area contributed by atoms with Crippen LogP contribution in [0.2, 0.25) is 0 Å². The van der Waals surface area contributed by atoms with Gasteiger partial charge >= 0.3 is 0 Å². The Labute approximate surface area is 156 Å². The summed E-state index contributed by atoms with van der Waals surface area (Å²) in [5.74, 6) is 0. The molecular weight excluding hydrogens is 318 g/mol. The van der Waals surface area contributed by atoms with E-state index in [0.29, 0.717) is 0 Å². The summed E-state index contributed by atoms with van der Waals surface area (Å²) in [6, 6.07) is 29.4. The molecule has 0 unspecified atom stereocenters. The Morgan fingerprint density at radius 1 is 0.654 bits per heavy atom. The van der Waals surface area contributed by atoms with Crippen LogP contribution >= 0.6 is 0 Å². The molecule has 26 heavy (non-hydrogen) atoms. The van der Waals surface area contributed by atoms with Gasteiger partial charge in [0.15, 0.2) is 0 Å². The lowest BCUT2D eigenvalue weighted by Crippen LogP contribution is -2.15. The summed E-state index contributed by atoms with van der Waals surface area (Å²) in [4.78, 5) is 2.26. The molecule has 0 saturated heterocycles. The van der Waals surface area contributed by atoms with Crippen molar-refractivity contribution in [1.82, 2.24) is 5.01 Å². The van der Waals surface area contributed by atoms with Crippen LogP contribution in [-0.2, 0) is 0 Å². The van der Waals surface area contributed by atoms with E-state index in [1.807, 2.05) is 23.4 Å². The van der Waals surface area contributed by atoms with Gasteiger partial charge in [-0.2, -0.15) is 5.10 Å². The van der Waals surface area contributed by atoms with Gasteiger partial charge in [0.05, 0.1) is 6.21 Å². The molecule has 0 aliphatic heterocycles. The standard InChI is InChI=1S/C23H25N3/c1-3-25(4-2)24-19-20-15-17-23(18-16-20)26(21-11-7-5-8-12-21)22-13-9-6-10-14-22/h5-19H,3-4H2,1-2H3/b24-19+. The first kappa shape index (κ1) is 17.7. The first-order valence-electron chi connectivity index (χ1n) is 9.11. The molecule has 3 aromatic rings. The summed E-state index contributed by atoms with van der Waals surface area (Å²) in [7, 11) is 0. The second-order valence-corrected chi connectivity index (χ2v) is 5.98. The van der Waals surface area contributed by atoms with E-state index in [0.717, 1.165) is 35.7 Å². The van der Waals surface area contributed by atoms with Gasteiger partial charge in [-0.3, -0.25) is 5.01 Å². The molecule has 0 amide bonds. The SMILES string of the molecule is CCN(CC)/N=C/c1ccc(N(c2ccccc2)c2ccccc2)cc1. The van der Waals surface area contributed by atoms with Crippen molar-refractivity contribution in [2.45, 2.75) is 13.8 Å². The average molecular weight is 343 g/mol. The number of hydrazone groups is 1. The first-order chi connectivity index (χ1) is 12.8. The quantitative estimate of drug-likeness (QED) is 0.397. The molecule has 0 atom stereocenters. The van der Waals surface area contributed by atoms with E-state index in [4.69, 9.17) is 0 Å². The van der Waals surface area contributed by atoms with Crippen molar-refractivity contribution < 1.29 is 0 Å². The largest absolute Gasteiger partial charge is 0.311 e. The van der Waals surface area contributed by atoms with Crippen LogP contribution in [0.4, 0.5) is 17.1 Å². The van der Waals surface area contributed by atoms with Gasteiger partial charge in [0, 0.05) is 30.2 Å². The summed E-state index contributed by atoms with van der Waals surface area (Å²) in [5.41, 5.74) is 4.51. The molecule has 0 spiro atoms. The lowest BCUT2D eigenvalue weighted by molar-refractivity contribution is 0.323. The fourth-order valence-electron chi connectivity index (χ4n) is 2.85. The molecule has 132 valence electrons. The van der Waals surface area contributed by atoms with E-state index in [1.165, 1.54) is 0 Å². The molecule has 3 nitrogen and oxygen atoms in total. The van der Waals surface area contributed by atoms with Crippen LogP contribution in [0.3, 0.4) is 0 Å². The third kappa shape index (κ3) is 4.31. The Morgan fingerprint density at radius 3 is 1.58 bits per heavy atom. The van der Waals surface area contributed by atoms with Gasteiger partial charge < -0.3 is 4.90 Å². The third-order valence-corrected chi connectivity index (χ3v) is 4.28. The van der Waals surface area contributed by atoms with Crippen LogP contribution in [-0.4, -0.2) is 24.3 Å². The minimum Gasteiger partial charge on any atom is -0.311 e. The highest BCUT2D eigenvalue weighted by Gasteiger charge is 2.11. The van der Waals surface area contributed by atoms with Crippen LogP contribution in [0.15, 0.2) is 90.0 Å². The molecule has 0 saturated carbocycles. The van der Waals surface area contributed by atoms with Crippen molar-refractivity contribution in [2.75, 3.05) is 18.0 Å². The Kier molecular flexibility index (Phi) is 6.05. The molecule has 0 aromatic heterocycles. The zero-order chi connectivity index (χ0) is 18.2. The van der Waals surface area contributed by atoms with Crippen molar-refractivity contribution >= 4 is 23.3 Å². The molecule has 3 aromatic carbocycles. The lowest BCUT2D eigenvalue weighted by Gasteiger charge is -2.25. The van der Waals surface area contributed by atoms with Crippen molar-refractivity contribution in [1.29, 1.82) is 0 Å². The topological polar surface area (TPSA) is 18.8 Å². The molecule has 0 radical (unpaired) electrons. The van der Waals surface area contributed by atoms with Crippen LogP contribution in [0.1, 0.15) is 19.4 Å². The number of rotatable bonds is 7. The lowest BCUT2D eigenvalue weighted by atomic mass is 10.1. The van der Waals surface area contributed by atoms with E-state index >= 15 is 0 Å². The molecule has 0 bridgehead atoms. The summed E-state index contributed by atoms with van der Waals surface area (Å²) >= 11 is 0. The van der Waals surface area contributed by atoms with Crippen LogP contribution in [0.5, 0.6) is 0 Å². The normalized spacial score (nSPS) is 10.8. The summed E-state index contributed by atoms with van der Waals surface area (Å²) in [6.07, 6.45) is 1.92. The average Bonchev–Trinajstić information content (AvgIpc) is 2.72. The highest BCUT2D eigenvalue weighted by molar-refractivity contribution is 5.82. The van der Waals surface area contributed by atoms with E-state index in [2.05, 4.69) is 96.6 Å². The van der Waals surface area contributed by atoms with Crippen LogP contribution < -0.4 is 4.90 Å². The monoisotopic (exact) mass is 343 g/mol. The molecule has 3 heteroatoms. The maximum absolute atomic E-state index is 4.52. The molecular formula is C23H25N3. The van der Waals surface area contributed by atoms with Gasteiger partial charge in [0.25, 0.3) is 0 Å². The van der Waals surface area contributed by atoms with Crippen LogP contribution in [0.25, 0.3) is 0 Å². The van der Waals surface area contributed by atoms with E-state index in [-0.39, 0.29) is 0 Å². The maximum Gasteiger partial charge on any atom is 0.0542 e. The van der Waals surface area contributed by atoms with Crippen molar-refractivity contribution in [2.24, 2.45) is 5.10 Å². The Balaban J connectivity index is 1.91. The predicted molar refractivity (Wildman–Crippen MR) is 112 cm³/mol. The number of para-hydroxylation sites is 2. The van der Waals surface area contributed by atoms with Gasteiger partial charge in [-0.1, -0.05) is 48.5 Å². The Hall–Kier alpha value is -3.07. The summed E-state index contributed by atoms with van der Waals surface area (Å²) in [6.45, 7) is 6.06. The number of hydrogen-bond donors (Lipinski definition) is 0. The highest BCUT2D eigenvalue weighted by Crippen LogP contribution is 2.33. The van der Waals surface area contributed by atoms with Gasteiger partial charge in [-0.25, -0.2) is 0 Å². The smallest absolute Gasteiger partial charge is 0.0542 e. The van der Waals surface area contributed by atoms with Gasteiger partial charge in [0.1, 0.15) is 0 Å².